The number of carbonyl (C=O) groups is 1. The topological polar surface area (TPSA) is 41.1 Å². The molecule has 0 saturated carbocycles. The van der Waals surface area contributed by atoms with E-state index in [1.807, 2.05) is 19.1 Å². The highest BCUT2D eigenvalue weighted by molar-refractivity contribution is 6.36. The highest BCUT2D eigenvalue weighted by atomic mass is 35.5. The molecule has 0 unspecified atom stereocenters. The molecule has 0 fully saturated rings. The van der Waals surface area contributed by atoms with Gasteiger partial charge < -0.3 is 10.6 Å². The van der Waals surface area contributed by atoms with Crippen molar-refractivity contribution in [1.29, 1.82) is 0 Å². The van der Waals surface area contributed by atoms with E-state index in [2.05, 4.69) is 10.6 Å². The molecule has 2 aromatic rings. The molecule has 110 valence electrons. The van der Waals surface area contributed by atoms with Gasteiger partial charge in [0.2, 0.25) is 5.91 Å². The van der Waals surface area contributed by atoms with Crippen molar-refractivity contribution in [2.24, 2.45) is 0 Å². The van der Waals surface area contributed by atoms with Crippen LogP contribution in [-0.2, 0) is 4.79 Å². The number of halogens is 3. The van der Waals surface area contributed by atoms with E-state index in [1.54, 1.807) is 24.3 Å². The number of benzene rings is 2. The van der Waals surface area contributed by atoms with Crippen LogP contribution in [0.15, 0.2) is 36.4 Å². The van der Waals surface area contributed by atoms with Crippen LogP contribution in [-0.4, -0.2) is 12.5 Å². The minimum absolute atomic E-state index is 0.109. The summed E-state index contributed by atoms with van der Waals surface area (Å²) in [6.07, 6.45) is 0. The van der Waals surface area contributed by atoms with Crippen molar-refractivity contribution in [3.63, 3.8) is 0 Å². The molecule has 0 spiro atoms. The van der Waals surface area contributed by atoms with Gasteiger partial charge in [-0.1, -0.05) is 40.9 Å². The lowest BCUT2D eigenvalue weighted by molar-refractivity contribution is -0.114. The SMILES string of the molecule is Cc1ccc(NCC(=O)Nc2ccc(Cl)cc2Cl)cc1Cl. The zero-order valence-electron chi connectivity index (χ0n) is 11.2. The largest absolute Gasteiger partial charge is 0.376 e. The summed E-state index contributed by atoms with van der Waals surface area (Å²) in [5.41, 5.74) is 2.29. The fraction of sp³-hybridized carbons (Fsp3) is 0.133. The fourth-order valence-corrected chi connectivity index (χ4v) is 2.31. The van der Waals surface area contributed by atoms with E-state index in [1.165, 1.54) is 0 Å². The molecule has 6 heteroatoms. The lowest BCUT2D eigenvalue weighted by atomic mass is 10.2. The summed E-state index contributed by atoms with van der Waals surface area (Å²) in [4.78, 5) is 11.9. The molecule has 0 aliphatic carbocycles. The second kappa shape index (κ2) is 7.03. The minimum atomic E-state index is -0.212. The molecular formula is C15H13Cl3N2O. The first kappa shape index (κ1) is 16.0. The minimum Gasteiger partial charge on any atom is -0.376 e. The van der Waals surface area contributed by atoms with Gasteiger partial charge in [-0.25, -0.2) is 0 Å². The van der Waals surface area contributed by atoms with E-state index >= 15 is 0 Å². The van der Waals surface area contributed by atoms with E-state index < -0.39 is 0 Å². The van der Waals surface area contributed by atoms with Crippen LogP contribution in [0.2, 0.25) is 15.1 Å². The smallest absolute Gasteiger partial charge is 0.243 e. The Hall–Kier alpha value is -1.42. The van der Waals surface area contributed by atoms with E-state index in [9.17, 15) is 4.79 Å². The average molecular weight is 344 g/mol. The molecule has 0 atom stereocenters. The molecule has 0 aliphatic heterocycles. The van der Waals surface area contributed by atoms with Crippen molar-refractivity contribution in [1.82, 2.24) is 0 Å². The Kier molecular flexibility index (Phi) is 5.34. The lowest BCUT2D eigenvalue weighted by Crippen LogP contribution is -2.21. The summed E-state index contributed by atoms with van der Waals surface area (Å²) in [7, 11) is 0. The van der Waals surface area contributed by atoms with Crippen molar-refractivity contribution < 1.29 is 4.79 Å². The standard InChI is InChI=1S/C15H13Cl3N2O/c1-9-2-4-11(7-12(9)17)19-8-15(21)20-14-5-3-10(16)6-13(14)18/h2-7,19H,8H2,1H3,(H,20,21). The molecule has 2 aromatic carbocycles. The quantitative estimate of drug-likeness (QED) is 0.819. The first-order valence-corrected chi connectivity index (χ1v) is 7.34. The normalized spacial score (nSPS) is 10.3. The first-order valence-electron chi connectivity index (χ1n) is 6.20. The van der Waals surface area contributed by atoms with Gasteiger partial charge in [-0.2, -0.15) is 0 Å². The Labute approximate surface area is 138 Å². The summed E-state index contributed by atoms with van der Waals surface area (Å²) in [6.45, 7) is 2.03. The summed E-state index contributed by atoms with van der Waals surface area (Å²) >= 11 is 17.8. The van der Waals surface area contributed by atoms with Gasteiger partial charge in [0.1, 0.15) is 0 Å². The maximum atomic E-state index is 11.9. The van der Waals surface area contributed by atoms with E-state index in [-0.39, 0.29) is 12.5 Å². The number of carbonyl (C=O) groups excluding carboxylic acids is 1. The van der Waals surface area contributed by atoms with Gasteiger partial charge in [-0.15, -0.1) is 0 Å². The number of amides is 1. The second-order valence-electron chi connectivity index (χ2n) is 4.49. The second-order valence-corrected chi connectivity index (χ2v) is 5.74. The summed E-state index contributed by atoms with van der Waals surface area (Å²) < 4.78 is 0. The monoisotopic (exact) mass is 342 g/mol. The van der Waals surface area contributed by atoms with Crippen LogP contribution in [0.3, 0.4) is 0 Å². The van der Waals surface area contributed by atoms with Gasteiger partial charge in [0.25, 0.3) is 0 Å². The zero-order chi connectivity index (χ0) is 15.4. The number of hydrogen-bond acceptors (Lipinski definition) is 2. The summed E-state index contributed by atoms with van der Waals surface area (Å²) in [5, 5.41) is 7.28. The van der Waals surface area contributed by atoms with Gasteiger partial charge in [-0.3, -0.25) is 4.79 Å². The van der Waals surface area contributed by atoms with Crippen LogP contribution in [0.5, 0.6) is 0 Å². The van der Waals surface area contributed by atoms with Crippen molar-refractivity contribution >= 4 is 52.1 Å². The highest BCUT2D eigenvalue weighted by Gasteiger charge is 2.06. The Morgan fingerprint density at radius 2 is 1.81 bits per heavy atom. The van der Waals surface area contributed by atoms with Crippen LogP contribution in [0.1, 0.15) is 5.56 Å². The molecule has 0 bridgehead atoms. The summed E-state index contributed by atoms with van der Waals surface area (Å²) in [5.74, 6) is -0.212. The van der Waals surface area contributed by atoms with Crippen molar-refractivity contribution in [3.05, 3.63) is 57.0 Å². The van der Waals surface area contributed by atoms with Crippen molar-refractivity contribution in [2.45, 2.75) is 6.92 Å². The Morgan fingerprint density at radius 3 is 2.48 bits per heavy atom. The zero-order valence-corrected chi connectivity index (χ0v) is 13.5. The molecule has 2 N–H and O–H groups in total. The Balaban J connectivity index is 1.94. The van der Waals surface area contributed by atoms with E-state index in [4.69, 9.17) is 34.8 Å². The van der Waals surface area contributed by atoms with Gasteiger partial charge in [0.05, 0.1) is 17.3 Å². The highest BCUT2D eigenvalue weighted by Crippen LogP contribution is 2.25. The Morgan fingerprint density at radius 1 is 1.05 bits per heavy atom. The Bertz CT molecular complexity index is 674. The molecule has 0 radical (unpaired) electrons. The number of anilines is 2. The molecule has 0 saturated heterocycles. The number of nitrogens with one attached hydrogen (secondary N) is 2. The third-order valence-corrected chi connectivity index (χ3v) is 3.79. The van der Waals surface area contributed by atoms with Crippen LogP contribution >= 0.6 is 34.8 Å². The van der Waals surface area contributed by atoms with E-state index in [0.717, 1.165) is 11.3 Å². The van der Waals surface area contributed by atoms with Crippen LogP contribution < -0.4 is 10.6 Å². The van der Waals surface area contributed by atoms with Gasteiger partial charge >= 0.3 is 0 Å². The third kappa shape index (κ3) is 4.53. The maximum Gasteiger partial charge on any atom is 0.243 e. The number of aryl methyl sites for hydroxylation is 1. The van der Waals surface area contributed by atoms with Crippen molar-refractivity contribution in [3.8, 4) is 0 Å². The number of hydrogen-bond donors (Lipinski definition) is 2. The average Bonchev–Trinajstić information content (AvgIpc) is 2.43. The predicted octanol–water partition coefficient (Wildman–Crippen LogP) is 5.01. The molecule has 2 rings (SSSR count). The van der Waals surface area contributed by atoms with Crippen molar-refractivity contribution in [2.75, 3.05) is 17.2 Å². The molecular weight excluding hydrogens is 331 g/mol. The van der Waals surface area contributed by atoms with Gasteiger partial charge in [-0.05, 0) is 42.8 Å². The molecule has 0 heterocycles. The first-order chi connectivity index (χ1) is 9.95. The summed E-state index contributed by atoms with van der Waals surface area (Å²) in [6, 6.07) is 10.4. The lowest BCUT2D eigenvalue weighted by Gasteiger charge is -2.10. The molecule has 0 aliphatic rings. The fourth-order valence-electron chi connectivity index (χ4n) is 1.67. The van der Waals surface area contributed by atoms with E-state index in [0.29, 0.717) is 20.8 Å². The van der Waals surface area contributed by atoms with Gasteiger partial charge in [0.15, 0.2) is 0 Å². The molecule has 1 amide bonds. The van der Waals surface area contributed by atoms with Gasteiger partial charge in [0, 0.05) is 15.7 Å². The third-order valence-electron chi connectivity index (χ3n) is 2.83. The molecule has 3 nitrogen and oxygen atoms in total. The molecule has 21 heavy (non-hydrogen) atoms. The number of rotatable bonds is 4. The van der Waals surface area contributed by atoms with Crippen LogP contribution in [0.4, 0.5) is 11.4 Å². The maximum absolute atomic E-state index is 11.9. The van der Waals surface area contributed by atoms with Crippen LogP contribution in [0, 0.1) is 6.92 Å². The predicted molar refractivity (Wildman–Crippen MR) is 89.8 cm³/mol. The molecule has 0 aromatic heterocycles. The van der Waals surface area contributed by atoms with Crippen LogP contribution in [0.25, 0.3) is 0 Å².